The lowest BCUT2D eigenvalue weighted by Crippen LogP contribution is -2.49. The zero-order valence-electron chi connectivity index (χ0n) is 13.6. The molecule has 2 rings (SSSR count). The Morgan fingerprint density at radius 1 is 1.29 bits per heavy atom. The number of nitrogens with zero attached hydrogens (tertiary/aromatic N) is 2. The molecule has 1 unspecified atom stereocenters. The van der Waals surface area contributed by atoms with Gasteiger partial charge in [-0.1, -0.05) is 19.1 Å². The first kappa shape index (κ1) is 17.8. The van der Waals surface area contributed by atoms with E-state index < -0.39 is 17.9 Å². The lowest BCUT2D eigenvalue weighted by molar-refractivity contribution is -0.146. The van der Waals surface area contributed by atoms with Crippen molar-refractivity contribution in [2.24, 2.45) is 0 Å². The van der Waals surface area contributed by atoms with Crippen molar-refractivity contribution < 1.29 is 24.6 Å². The van der Waals surface area contributed by atoms with E-state index in [-0.39, 0.29) is 23.8 Å². The summed E-state index contributed by atoms with van der Waals surface area (Å²) in [6.45, 7) is 2.24. The minimum absolute atomic E-state index is 0.128. The summed E-state index contributed by atoms with van der Waals surface area (Å²) < 4.78 is 0. The molecule has 0 bridgehead atoms. The molecule has 0 spiro atoms. The molecular formula is C17H22N2O5. The molecule has 7 nitrogen and oxygen atoms in total. The molecule has 1 atom stereocenters. The molecule has 1 aliphatic heterocycles. The summed E-state index contributed by atoms with van der Waals surface area (Å²) >= 11 is 0. The lowest BCUT2D eigenvalue weighted by Gasteiger charge is -2.29. The van der Waals surface area contributed by atoms with Gasteiger partial charge in [0.15, 0.2) is 0 Å². The van der Waals surface area contributed by atoms with E-state index in [1.54, 1.807) is 12.1 Å². The number of phenolic OH excluding ortho intramolecular Hbond substituents is 1. The standard InChI is InChI=1S/C17H22N2O5/c1-2-9-18(11-15(21)22)17(24)13-7-5-10-19(13)16(23)12-6-3-4-8-14(12)20/h3-4,6,8,13,20H,2,5,7,9-11H2,1H3,(H,21,22). The zero-order valence-corrected chi connectivity index (χ0v) is 13.6. The van der Waals surface area contributed by atoms with Crippen molar-refractivity contribution in [2.75, 3.05) is 19.6 Å². The number of phenols is 1. The van der Waals surface area contributed by atoms with Gasteiger partial charge < -0.3 is 20.0 Å². The molecular weight excluding hydrogens is 312 g/mol. The maximum absolute atomic E-state index is 12.7. The van der Waals surface area contributed by atoms with Crippen molar-refractivity contribution in [1.82, 2.24) is 9.80 Å². The van der Waals surface area contributed by atoms with Gasteiger partial charge in [-0.15, -0.1) is 0 Å². The first-order chi connectivity index (χ1) is 11.5. The lowest BCUT2D eigenvalue weighted by atomic mass is 10.1. The minimum atomic E-state index is -1.08. The van der Waals surface area contributed by atoms with Crippen molar-refractivity contribution in [3.05, 3.63) is 29.8 Å². The van der Waals surface area contributed by atoms with Gasteiger partial charge in [0.25, 0.3) is 5.91 Å². The van der Waals surface area contributed by atoms with Crippen LogP contribution in [-0.2, 0) is 9.59 Å². The number of carbonyl (C=O) groups excluding carboxylic acids is 2. The maximum atomic E-state index is 12.7. The number of carboxylic acids is 1. The van der Waals surface area contributed by atoms with Crippen LogP contribution in [0.2, 0.25) is 0 Å². The molecule has 1 fully saturated rings. The van der Waals surface area contributed by atoms with E-state index in [9.17, 15) is 19.5 Å². The van der Waals surface area contributed by atoms with Gasteiger partial charge in [-0.3, -0.25) is 14.4 Å². The molecule has 0 saturated carbocycles. The summed E-state index contributed by atoms with van der Waals surface area (Å²) in [7, 11) is 0. The molecule has 1 aromatic rings. The molecule has 0 radical (unpaired) electrons. The van der Waals surface area contributed by atoms with Gasteiger partial charge in [-0.25, -0.2) is 0 Å². The highest BCUT2D eigenvalue weighted by Crippen LogP contribution is 2.25. The van der Waals surface area contributed by atoms with Crippen LogP contribution in [0.15, 0.2) is 24.3 Å². The van der Waals surface area contributed by atoms with Crippen LogP contribution in [0.4, 0.5) is 0 Å². The number of likely N-dealkylation sites (tertiary alicyclic amines) is 1. The number of aromatic hydroxyl groups is 1. The second kappa shape index (κ2) is 7.81. The van der Waals surface area contributed by atoms with Crippen molar-refractivity contribution in [2.45, 2.75) is 32.2 Å². The Bertz CT molecular complexity index is 631. The van der Waals surface area contributed by atoms with Crippen LogP contribution < -0.4 is 0 Å². The molecule has 7 heteroatoms. The third-order valence-electron chi connectivity index (χ3n) is 4.06. The van der Waals surface area contributed by atoms with Crippen LogP contribution in [0.25, 0.3) is 0 Å². The van der Waals surface area contributed by atoms with Crippen LogP contribution in [-0.4, -0.2) is 63.5 Å². The van der Waals surface area contributed by atoms with Crippen LogP contribution in [0, 0.1) is 0 Å². The fourth-order valence-electron chi connectivity index (χ4n) is 2.99. The van der Waals surface area contributed by atoms with Crippen LogP contribution in [0.3, 0.4) is 0 Å². The Hall–Kier alpha value is -2.57. The smallest absolute Gasteiger partial charge is 0.323 e. The highest BCUT2D eigenvalue weighted by Gasteiger charge is 2.37. The number of amides is 2. The third-order valence-corrected chi connectivity index (χ3v) is 4.06. The molecule has 1 aliphatic rings. The van der Waals surface area contributed by atoms with Gasteiger partial charge in [0, 0.05) is 13.1 Å². The molecule has 0 aliphatic carbocycles. The summed E-state index contributed by atoms with van der Waals surface area (Å²) in [5, 5.41) is 18.8. The van der Waals surface area contributed by atoms with Gasteiger partial charge in [0.1, 0.15) is 18.3 Å². The van der Waals surface area contributed by atoms with E-state index >= 15 is 0 Å². The molecule has 1 aromatic carbocycles. The zero-order chi connectivity index (χ0) is 17.7. The number of para-hydroxylation sites is 1. The SMILES string of the molecule is CCCN(CC(=O)O)C(=O)C1CCCN1C(=O)c1ccccc1O. The summed E-state index contributed by atoms with van der Waals surface area (Å²) in [4.78, 5) is 39.1. The summed E-state index contributed by atoms with van der Waals surface area (Å²) in [6.07, 6.45) is 1.81. The number of carboxylic acid groups (broad SMARTS) is 1. The van der Waals surface area contributed by atoms with Crippen LogP contribution in [0.5, 0.6) is 5.75 Å². The van der Waals surface area contributed by atoms with Crippen molar-refractivity contribution in [1.29, 1.82) is 0 Å². The average molecular weight is 334 g/mol. The molecule has 130 valence electrons. The average Bonchev–Trinajstić information content (AvgIpc) is 3.02. The first-order valence-corrected chi connectivity index (χ1v) is 8.05. The van der Waals surface area contributed by atoms with Gasteiger partial charge in [0.05, 0.1) is 5.56 Å². The number of rotatable bonds is 6. The quantitative estimate of drug-likeness (QED) is 0.817. The number of aliphatic carboxylic acids is 1. The Morgan fingerprint density at radius 3 is 2.62 bits per heavy atom. The van der Waals surface area contributed by atoms with Crippen molar-refractivity contribution >= 4 is 17.8 Å². The fourth-order valence-corrected chi connectivity index (χ4v) is 2.99. The maximum Gasteiger partial charge on any atom is 0.323 e. The summed E-state index contributed by atoms with van der Waals surface area (Å²) in [5.74, 6) is -1.96. The van der Waals surface area contributed by atoms with E-state index in [1.165, 1.54) is 21.9 Å². The number of benzene rings is 1. The van der Waals surface area contributed by atoms with E-state index in [2.05, 4.69) is 0 Å². The predicted octanol–water partition coefficient (Wildman–Crippen LogP) is 1.32. The molecule has 2 N–H and O–H groups in total. The van der Waals surface area contributed by atoms with E-state index in [4.69, 9.17) is 5.11 Å². The molecule has 0 aromatic heterocycles. The molecule has 1 heterocycles. The molecule has 24 heavy (non-hydrogen) atoms. The second-order valence-electron chi connectivity index (χ2n) is 5.83. The van der Waals surface area contributed by atoms with Crippen molar-refractivity contribution in [3.8, 4) is 5.75 Å². The largest absolute Gasteiger partial charge is 0.507 e. The Kier molecular flexibility index (Phi) is 5.78. The second-order valence-corrected chi connectivity index (χ2v) is 5.83. The highest BCUT2D eigenvalue weighted by atomic mass is 16.4. The monoisotopic (exact) mass is 334 g/mol. The van der Waals surface area contributed by atoms with Gasteiger partial charge >= 0.3 is 5.97 Å². The first-order valence-electron chi connectivity index (χ1n) is 8.05. The fraction of sp³-hybridized carbons (Fsp3) is 0.471. The van der Waals surface area contributed by atoms with E-state index in [0.29, 0.717) is 32.4 Å². The van der Waals surface area contributed by atoms with Gasteiger partial charge in [-0.05, 0) is 31.4 Å². The Labute approximate surface area is 140 Å². The normalized spacial score (nSPS) is 16.9. The number of hydrogen-bond acceptors (Lipinski definition) is 4. The van der Waals surface area contributed by atoms with Crippen LogP contribution >= 0.6 is 0 Å². The van der Waals surface area contributed by atoms with E-state index in [1.807, 2.05) is 6.92 Å². The minimum Gasteiger partial charge on any atom is -0.507 e. The Balaban J connectivity index is 2.19. The summed E-state index contributed by atoms with van der Waals surface area (Å²) in [6, 6.07) is 5.53. The van der Waals surface area contributed by atoms with Gasteiger partial charge in [-0.2, -0.15) is 0 Å². The Morgan fingerprint density at radius 2 is 2.00 bits per heavy atom. The van der Waals surface area contributed by atoms with Crippen molar-refractivity contribution in [3.63, 3.8) is 0 Å². The third kappa shape index (κ3) is 3.84. The van der Waals surface area contributed by atoms with Crippen LogP contribution in [0.1, 0.15) is 36.5 Å². The van der Waals surface area contributed by atoms with E-state index in [0.717, 1.165) is 0 Å². The van der Waals surface area contributed by atoms with Gasteiger partial charge in [0.2, 0.25) is 5.91 Å². The topological polar surface area (TPSA) is 98.2 Å². The number of hydrogen-bond donors (Lipinski definition) is 2. The highest BCUT2D eigenvalue weighted by molar-refractivity contribution is 6.00. The summed E-state index contributed by atoms with van der Waals surface area (Å²) in [5.41, 5.74) is 0.150. The molecule has 1 saturated heterocycles. The molecule has 2 amide bonds. The number of carbonyl (C=O) groups is 3. The predicted molar refractivity (Wildman–Crippen MR) is 86.7 cm³/mol.